The van der Waals surface area contributed by atoms with Crippen molar-refractivity contribution in [3.8, 4) is 23.0 Å². The Hall–Kier alpha value is -3.93. The number of pyridine rings is 1. The highest BCUT2D eigenvalue weighted by Crippen LogP contribution is 2.21. The second-order valence-corrected chi connectivity index (χ2v) is 8.25. The molecule has 0 atom stereocenters. The van der Waals surface area contributed by atoms with E-state index < -0.39 is 0 Å². The van der Waals surface area contributed by atoms with E-state index in [1.165, 1.54) is 0 Å². The van der Waals surface area contributed by atoms with E-state index in [9.17, 15) is 4.79 Å². The van der Waals surface area contributed by atoms with Gasteiger partial charge in [-0.1, -0.05) is 17.9 Å². The normalized spacial score (nSPS) is 10.5. The van der Waals surface area contributed by atoms with Gasteiger partial charge in [0.1, 0.15) is 5.82 Å². The molecule has 166 valence electrons. The third-order valence-electron chi connectivity index (χ3n) is 5.08. The van der Waals surface area contributed by atoms with Gasteiger partial charge < -0.3 is 16.2 Å². The third kappa shape index (κ3) is 5.47. The van der Waals surface area contributed by atoms with Crippen LogP contribution in [0.3, 0.4) is 0 Å². The van der Waals surface area contributed by atoms with Crippen LogP contribution >= 0.6 is 11.3 Å². The van der Waals surface area contributed by atoms with E-state index in [-0.39, 0.29) is 12.5 Å². The van der Waals surface area contributed by atoms with Crippen molar-refractivity contribution in [2.75, 3.05) is 12.3 Å². The van der Waals surface area contributed by atoms with Crippen LogP contribution in [0.5, 0.6) is 0 Å². The van der Waals surface area contributed by atoms with Crippen LogP contribution in [-0.4, -0.2) is 32.4 Å². The van der Waals surface area contributed by atoms with Crippen molar-refractivity contribution in [3.63, 3.8) is 0 Å². The molecule has 0 saturated carbocycles. The van der Waals surface area contributed by atoms with Gasteiger partial charge in [0.25, 0.3) is 5.91 Å². The molecule has 0 fully saturated rings. The van der Waals surface area contributed by atoms with Crippen LogP contribution < -0.4 is 11.1 Å². The maximum absolute atomic E-state index is 12.6. The van der Waals surface area contributed by atoms with Crippen LogP contribution in [-0.2, 0) is 13.1 Å². The number of nitrogens with one attached hydrogen (secondary N) is 1. The van der Waals surface area contributed by atoms with E-state index in [1.807, 2.05) is 42.1 Å². The Morgan fingerprint density at radius 3 is 2.82 bits per heavy atom. The molecule has 7 nitrogen and oxygen atoms in total. The number of thiophene rings is 1. The average molecular weight is 458 g/mol. The van der Waals surface area contributed by atoms with Crippen molar-refractivity contribution >= 4 is 23.1 Å². The fourth-order valence-electron chi connectivity index (χ4n) is 3.18. The number of carbonyl (C=O) groups is 1. The fourth-order valence-corrected chi connectivity index (χ4v) is 3.85. The molecule has 0 radical (unpaired) electrons. The molecule has 4 N–H and O–H groups in total. The number of aryl methyl sites for hydroxylation is 1. The zero-order chi connectivity index (χ0) is 23.2. The Kier molecular flexibility index (Phi) is 6.83. The molecule has 1 aromatic carbocycles. The molecule has 0 saturated heterocycles. The van der Waals surface area contributed by atoms with Gasteiger partial charge in [-0.25, -0.2) is 4.98 Å². The molecule has 4 rings (SSSR count). The molecule has 0 aliphatic heterocycles. The molecule has 0 bridgehead atoms. The van der Waals surface area contributed by atoms with Crippen LogP contribution in [0, 0.1) is 18.8 Å². The molecule has 1 amide bonds. The van der Waals surface area contributed by atoms with E-state index in [2.05, 4.69) is 27.2 Å². The van der Waals surface area contributed by atoms with Crippen molar-refractivity contribution in [2.24, 2.45) is 0 Å². The van der Waals surface area contributed by atoms with Crippen molar-refractivity contribution in [3.05, 3.63) is 87.5 Å². The molecule has 33 heavy (non-hydrogen) atoms. The molecule has 8 heteroatoms. The first kappa shape index (κ1) is 22.3. The van der Waals surface area contributed by atoms with E-state index in [4.69, 9.17) is 10.8 Å². The van der Waals surface area contributed by atoms with Crippen LogP contribution in [0.25, 0.3) is 11.1 Å². The summed E-state index contributed by atoms with van der Waals surface area (Å²) in [4.78, 5) is 16.8. The van der Waals surface area contributed by atoms with Gasteiger partial charge in [0.15, 0.2) is 0 Å². The van der Waals surface area contributed by atoms with E-state index in [1.54, 1.807) is 40.5 Å². The van der Waals surface area contributed by atoms with Gasteiger partial charge in [-0.2, -0.15) is 16.4 Å². The summed E-state index contributed by atoms with van der Waals surface area (Å²) >= 11 is 1.60. The number of nitrogens with zero attached hydrogens (tertiary/aromatic N) is 3. The Morgan fingerprint density at radius 2 is 2.03 bits per heavy atom. The number of carbonyl (C=O) groups excluding carboxylic acids is 1. The topological polar surface area (TPSA) is 106 Å². The van der Waals surface area contributed by atoms with E-state index in [0.29, 0.717) is 30.0 Å². The number of hydrogen-bond acceptors (Lipinski definition) is 6. The number of rotatable bonds is 6. The van der Waals surface area contributed by atoms with Crippen LogP contribution in [0.1, 0.15) is 32.6 Å². The van der Waals surface area contributed by atoms with Gasteiger partial charge in [-0.05, 0) is 53.1 Å². The lowest BCUT2D eigenvalue weighted by molar-refractivity contribution is 0.0951. The Morgan fingerprint density at radius 1 is 1.18 bits per heavy atom. The number of nitrogen functional groups attached to an aromatic ring is 1. The average Bonchev–Trinajstić information content (AvgIpc) is 3.50. The zero-order valence-corrected chi connectivity index (χ0v) is 18.9. The number of hydrogen-bond donors (Lipinski definition) is 3. The number of amides is 1. The predicted octanol–water partition coefficient (Wildman–Crippen LogP) is 3.22. The van der Waals surface area contributed by atoms with Gasteiger partial charge in [0.05, 0.1) is 24.9 Å². The largest absolute Gasteiger partial charge is 0.394 e. The second-order valence-electron chi connectivity index (χ2n) is 7.47. The van der Waals surface area contributed by atoms with E-state index >= 15 is 0 Å². The molecule has 4 aromatic rings. The summed E-state index contributed by atoms with van der Waals surface area (Å²) in [5, 5.41) is 20.2. The van der Waals surface area contributed by atoms with Gasteiger partial charge in [-0.15, -0.1) is 0 Å². The monoisotopic (exact) mass is 457 g/mol. The van der Waals surface area contributed by atoms with Gasteiger partial charge in [-0.3, -0.25) is 9.48 Å². The van der Waals surface area contributed by atoms with Gasteiger partial charge >= 0.3 is 0 Å². The smallest absolute Gasteiger partial charge is 0.251 e. The van der Waals surface area contributed by atoms with Gasteiger partial charge in [0.2, 0.25) is 0 Å². The lowest BCUT2D eigenvalue weighted by Crippen LogP contribution is -2.22. The molecule has 0 spiro atoms. The summed E-state index contributed by atoms with van der Waals surface area (Å²) in [6.45, 7) is 2.87. The van der Waals surface area contributed by atoms with Crippen molar-refractivity contribution < 1.29 is 9.90 Å². The summed E-state index contributed by atoms with van der Waals surface area (Å²) in [7, 11) is 0. The molecule has 0 unspecified atom stereocenters. The molecule has 0 aliphatic rings. The van der Waals surface area contributed by atoms with Crippen LogP contribution in [0.15, 0.2) is 59.7 Å². The fraction of sp³-hybridized carbons (Fsp3) is 0.160. The highest BCUT2D eigenvalue weighted by molar-refractivity contribution is 7.07. The highest BCUT2D eigenvalue weighted by atomic mass is 32.1. The molecular formula is C25H23N5O2S. The first-order valence-electron chi connectivity index (χ1n) is 10.3. The molecule has 3 heterocycles. The SMILES string of the molecule is Cc1ccc(C(=O)NCc2ccsc2)cc1C#Cc1cc(-c2cnn(CCO)c2)cnc1N. The van der Waals surface area contributed by atoms with Gasteiger partial charge in [0, 0.05) is 41.2 Å². The Bertz CT molecular complexity index is 1330. The Balaban J connectivity index is 1.55. The maximum Gasteiger partial charge on any atom is 0.251 e. The van der Waals surface area contributed by atoms with Crippen molar-refractivity contribution in [2.45, 2.75) is 20.0 Å². The molecular weight excluding hydrogens is 434 g/mol. The second kappa shape index (κ2) is 10.1. The summed E-state index contributed by atoms with van der Waals surface area (Å²) in [6, 6.07) is 9.32. The number of aliphatic hydroxyl groups excluding tert-OH is 1. The molecule has 3 aromatic heterocycles. The summed E-state index contributed by atoms with van der Waals surface area (Å²) in [5.41, 5.74) is 11.7. The van der Waals surface area contributed by atoms with Crippen molar-refractivity contribution in [1.82, 2.24) is 20.1 Å². The lowest BCUT2D eigenvalue weighted by atomic mass is 10.0. The number of aromatic nitrogens is 3. The summed E-state index contributed by atoms with van der Waals surface area (Å²) < 4.78 is 1.66. The zero-order valence-electron chi connectivity index (χ0n) is 18.1. The number of anilines is 1. The minimum absolute atomic E-state index is 0.0161. The first-order valence-corrected chi connectivity index (χ1v) is 11.3. The molecule has 0 aliphatic carbocycles. The third-order valence-corrected chi connectivity index (χ3v) is 5.81. The standard InChI is InChI=1S/C25H23N5O2S/c1-17-2-3-21(25(32)28-12-18-6-9-33-16-18)10-19(17)4-5-20-11-22(13-27-24(20)26)23-14-29-30(15-23)7-8-31/h2-3,6,9-11,13-16,31H,7-8,12H2,1H3,(H2,26,27)(H,28,32). The van der Waals surface area contributed by atoms with Crippen molar-refractivity contribution in [1.29, 1.82) is 0 Å². The Labute approximate surface area is 195 Å². The predicted molar refractivity (Wildman–Crippen MR) is 130 cm³/mol. The van der Waals surface area contributed by atoms with Crippen LogP contribution in [0.4, 0.5) is 5.82 Å². The summed E-state index contributed by atoms with van der Waals surface area (Å²) in [5.74, 6) is 6.42. The number of aliphatic hydroxyl groups is 1. The summed E-state index contributed by atoms with van der Waals surface area (Å²) in [6.07, 6.45) is 5.22. The first-order chi connectivity index (χ1) is 16.0. The quantitative estimate of drug-likeness (QED) is 0.386. The highest BCUT2D eigenvalue weighted by Gasteiger charge is 2.09. The maximum atomic E-state index is 12.6. The van der Waals surface area contributed by atoms with E-state index in [0.717, 1.165) is 27.8 Å². The number of benzene rings is 1. The minimum Gasteiger partial charge on any atom is -0.394 e. The minimum atomic E-state index is -0.146. The lowest BCUT2D eigenvalue weighted by Gasteiger charge is -2.06. The van der Waals surface area contributed by atoms with Crippen LogP contribution in [0.2, 0.25) is 0 Å². The number of nitrogens with two attached hydrogens (primary N) is 1.